The number of amides is 1. The Morgan fingerprint density at radius 3 is 2.44 bits per heavy atom. The van der Waals surface area contributed by atoms with Crippen LogP contribution in [-0.2, 0) is 6.61 Å². The maximum atomic E-state index is 12.3. The van der Waals surface area contributed by atoms with Gasteiger partial charge in [0.1, 0.15) is 12.4 Å². The SMILES string of the molecule is CCOc1ccc(C(=O)N/N=C\c2cc(I)c(OCc3ccc([N+](=O)[O-])cc3)c(OC)c2)cc1. The van der Waals surface area contributed by atoms with Crippen molar-refractivity contribution in [1.29, 1.82) is 0 Å². The molecule has 0 aliphatic carbocycles. The minimum Gasteiger partial charge on any atom is -0.494 e. The summed E-state index contributed by atoms with van der Waals surface area (Å²) in [5.74, 6) is 1.38. The highest BCUT2D eigenvalue weighted by atomic mass is 127. The second-order valence-corrected chi connectivity index (χ2v) is 8.07. The van der Waals surface area contributed by atoms with Crippen LogP contribution in [0.4, 0.5) is 5.69 Å². The molecule has 1 amide bonds. The Morgan fingerprint density at radius 2 is 1.82 bits per heavy atom. The molecule has 176 valence electrons. The third-order valence-corrected chi connectivity index (χ3v) is 5.39. The van der Waals surface area contributed by atoms with Gasteiger partial charge in [-0.1, -0.05) is 0 Å². The third kappa shape index (κ3) is 6.67. The number of nitrogens with one attached hydrogen (secondary N) is 1. The zero-order chi connectivity index (χ0) is 24.5. The summed E-state index contributed by atoms with van der Waals surface area (Å²) in [4.78, 5) is 22.6. The number of hydrogen-bond acceptors (Lipinski definition) is 7. The van der Waals surface area contributed by atoms with Crippen LogP contribution in [0.1, 0.15) is 28.4 Å². The number of carbonyl (C=O) groups is 1. The number of ether oxygens (including phenoxy) is 3. The van der Waals surface area contributed by atoms with Gasteiger partial charge in [0.15, 0.2) is 11.5 Å². The highest BCUT2D eigenvalue weighted by molar-refractivity contribution is 14.1. The average Bonchev–Trinajstić information content (AvgIpc) is 2.84. The lowest BCUT2D eigenvalue weighted by Crippen LogP contribution is -2.17. The molecule has 0 saturated heterocycles. The lowest BCUT2D eigenvalue weighted by atomic mass is 10.2. The van der Waals surface area contributed by atoms with Crippen LogP contribution in [0.3, 0.4) is 0 Å². The summed E-state index contributed by atoms with van der Waals surface area (Å²) in [6.45, 7) is 2.66. The first-order chi connectivity index (χ1) is 16.4. The smallest absolute Gasteiger partial charge is 0.271 e. The number of non-ortho nitro benzene ring substituents is 1. The Labute approximate surface area is 210 Å². The molecule has 0 fully saturated rings. The fraction of sp³-hybridized carbons (Fsp3) is 0.167. The first-order valence-electron chi connectivity index (χ1n) is 10.2. The molecule has 34 heavy (non-hydrogen) atoms. The second-order valence-electron chi connectivity index (χ2n) is 6.90. The molecule has 3 aromatic rings. The molecule has 9 nitrogen and oxygen atoms in total. The monoisotopic (exact) mass is 575 g/mol. The van der Waals surface area contributed by atoms with Crippen molar-refractivity contribution in [3.63, 3.8) is 0 Å². The Morgan fingerprint density at radius 1 is 1.12 bits per heavy atom. The van der Waals surface area contributed by atoms with Gasteiger partial charge in [-0.05, 0) is 89.2 Å². The molecule has 3 aromatic carbocycles. The molecule has 0 unspecified atom stereocenters. The standard InChI is InChI=1S/C24H22IN3O6/c1-3-33-20-10-6-18(7-11-20)24(29)27-26-14-17-12-21(25)23(22(13-17)32-2)34-15-16-4-8-19(9-5-16)28(30)31/h4-14H,3,15H2,1-2H3,(H,27,29)/b26-14-. The topological polar surface area (TPSA) is 112 Å². The van der Waals surface area contributed by atoms with Crippen LogP contribution in [0.5, 0.6) is 17.2 Å². The van der Waals surface area contributed by atoms with E-state index < -0.39 is 4.92 Å². The maximum Gasteiger partial charge on any atom is 0.271 e. The van der Waals surface area contributed by atoms with Crippen molar-refractivity contribution >= 4 is 40.4 Å². The van der Waals surface area contributed by atoms with E-state index in [2.05, 4.69) is 33.1 Å². The molecular formula is C24H22IN3O6. The second kappa shape index (κ2) is 12.0. The quantitative estimate of drug-likeness (QED) is 0.159. The van der Waals surface area contributed by atoms with Gasteiger partial charge in [-0.25, -0.2) is 5.43 Å². The van der Waals surface area contributed by atoms with Crippen LogP contribution in [0, 0.1) is 13.7 Å². The number of carbonyl (C=O) groups excluding carboxylic acids is 1. The van der Waals surface area contributed by atoms with E-state index in [0.717, 1.165) is 9.13 Å². The van der Waals surface area contributed by atoms with Gasteiger partial charge in [0, 0.05) is 17.7 Å². The van der Waals surface area contributed by atoms with Crippen LogP contribution < -0.4 is 19.6 Å². The van der Waals surface area contributed by atoms with Gasteiger partial charge in [0.25, 0.3) is 11.6 Å². The Balaban J connectivity index is 1.64. The van der Waals surface area contributed by atoms with Crippen molar-refractivity contribution in [3.05, 3.63) is 91.0 Å². The van der Waals surface area contributed by atoms with Gasteiger partial charge in [-0.15, -0.1) is 0 Å². The molecule has 0 heterocycles. The third-order valence-electron chi connectivity index (χ3n) is 4.59. The van der Waals surface area contributed by atoms with Gasteiger partial charge >= 0.3 is 0 Å². The lowest BCUT2D eigenvalue weighted by Gasteiger charge is -2.13. The fourth-order valence-electron chi connectivity index (χ4n) is 2.92. The Hall–Kier alpha value is -3.67. The van der Waals surface area contributed by atoms with Crippen LogP contribution in [0.2, 0.25) is 0 Å². The van der Waals surface area contributed by atoms with E-state index in [1.165, 1.54) is 25.5 Å². The van der Waals surface area contributed by atoms with Crippen LogP contribution in [0.15, 0.2) is 65.8 Å². The van der Waals surface area contributed by atoms with E-state index in [9.17, 15) is 14.9 Å². The summed E-state index contributed by atoms with van der Waals surface area (Å²) < 4.78 is 17.5. The molecular weight excluding hydrogens is 553 g/mol. The largest absolute Gasteiger partial charge is 0.494 e. The van der Waals surface area contributed by atoms with Crippen LogP contribution in [0.25, 0.3) is 0 Å². The van der Waals surface area contributed by atoms with Gasteiger partial charge in [-0.3, -0.25) is 14.9 Å². The van der Waals surface area contributed by atoms with Crippen molar-refractivity contribution in [2.45, 2.75) is 13.5 Å². The molecule has 0 aliphatic rings. The molecule has 0 saturated carbocycles. The number of hydrazone groups is 1. The van der Waals surface area contributed by atoms with Crippen LogP contribution >= 0.6 is 22.6 Å². The number of hydrogen-bond donors (Lipinski definition) is 1. The molecule has 0 spiro atoms. The Bertz CT molecular complexity index is 1180. The van der Waals surface area contributed by atoms with Crippen molar-refractivity contribution < 1.29 is 23.9 Å². The number of nitro groups is 1. The summed E-state index contributed by atoms with van der Waals surface area (Å²) in [5.41, 5.74) is 4.47. The first-order valence-corrected chi connectivity index (χ1v) is 11.3. The average molecular weight is 575 g/mol. The predicted molar refractivity (Wildman–Crippen MR) is 136 cm³/mol. The van der Waals surface area contributed by atoms with E-state index in [4.69, 9.17) is 14.2 Å². The summed E-state index contributed by atoms with van der Waals surface area (Å²) in [6, 6.07) is 16.5. The molecule has 0 aromatic heterocycles. The zero-order valence-electron chi connectivity index (χ0n) is 18.5. The van der Waals surface area contributed by atoms with Crippen molar-refractivity contribution in [2.75, 3.05) is 13.7 Å². The number of halogens is 1. The highest BCUT2D eigenvalue weighted by Crippen LogP contribution is 2.34. The number of methoxy groups -OCH3 is 1. The normalized spacial score (nSPS) is 10.7. The molecule has 0 aliphatic heterocycles. The molecule has 10 heteroatoms. The zero-order valence-corrected chi connectivity index (χ0v) is 20.6. The summed E-state index contributed by atoms with van der Waals surface area (Å²) >= 11 is 2.12. The summed E-state index contributed by atoms with van der Waals surface area (Å²) in [5, 5.41) is 14.8. The van der Waals surface area contributed by atoms with Gasteiger partial charge in [-0.2, -0.15) is 5.10 Å². The van der Waals surface area contributed by atoms with E-state index in [-0.39, 0.29) is 18.2 Å². The highest BCUT2D eigenvalue weighted by Gasteiger charge is 2.12. The Kier molecular flexibility index (Phi) is 8.79. The van der Waals surface area contributed by atoms with Gasteiger partial charge in [0.05, 0.1) is 28.4 Å². The van der Waals surface area contributed by atoms with Crippen molar-refractivity contribution in [3.8, 4) is 17.2 Å². The minimum atomic E-state index is -0.447. The molecule has 0 bridgehead atoms. The molecule has 0 atom stereocenters. The molecule has 3 rings (SSSR count). The number of benzene rings is 3. The summed E-state index contributed by atoms with van der Waals surface area (Å²) in [6.07, 6.45) is 1.51. The van der Waals surface area contributed by atoms with Gasteiger partial charge in [0.2, 0.25) is 0 Å². The predicted octanol–water partition coefficient (Wildman–Crippen LogP) is 4.95. The van der Waals surface area contributed by atoms with Gasteiger partial charge < -0.3 is 14.2 Å². The van der Waals surface area contributed by atoms with Crippen LogP contribution in [-0.4, -0.2) is 30.8 Å². The molecule has 0 radical (unpaired) electrons. The first kappa shape index (κ1) is 25.0. The number of nitro benzene ring substituents is 1. The number of rotatable bonds is 10. The van der Waals surface area contributed by atoms with E-state index in [1.54, 1.807) is 42.5 Å². The van der Waals surface area contributed by atoms with Crippen molar-refractivity contribution in [2.24, 2.45) is 5.10 Å². The maximum absolute atomic E-state index is 12.3. The minimum absolute atomic E-state index is 0.0224. The number of nitrogens with zero attached hydrogens (tertiary/aromatic N) is 2. The van der Waals surface area contributed by atoms with E-state index in [1.807, 2.05) is 13.0 Å². The lowest BCUT2D eigenvalue weighted by molar-refractivity contribution is -0.384. The van der Waals surface area contributed by atoms with E-state index in [0.29, 0.717) is 35.0 Å². The van der Waals surface area contributed by atoms with E-state index >= 15 is 0 Å². The fourth-order valence-corrected chi connectivity index (χ4v) is 3.70. The van der Waals surface area contributed by atoms with Crippen molar-refractivity contribution in [1.82, 2.24) is 5.43 Å². The summed E-state index contributed by atoms with van der Waals surface area (Å²) in [7, 11) is 1.53. The molecule has 1 N–H and O–H groups in total.